The summed E-state index contributed by atoms with van der Waals surface area (Å²) >= 11 is 0. The summed E-state index contributed by atoms with van der Waals surface area (Å²) in [4.78, 5) is 11.6. The molecule has 0 N–H and O–H groups in total. The second-order valence-electron chi connectivity index (χ2n) is 7.33. The van der Waals surface area contributed by atoms with Crippen molar-refractivity contribution in [3.05, 3.63) is 115 Å². The molecule has 0 spiro atoms. The fourth-order valence-electron chi connectivity index (χ4n) is 3.32. The average molecular weight is 408 g/mol. The van der Waals surface area contributed by atoms with Crippen LogP contribution in [-0.2, 0) is 4.79 Å². The minimum absolute atomic E-state index is 0.157. The summed E-state index contributed by atoms with van der Waals surface area (Å²) in [7, 11) is 0. The standard InChI is InChI=1S/C28H21FO2/c1-19(2)28(30)31-25-16-17-26(27(29)18-25)24-14-12-23(13-15-24)22-10-8-21(9-11-22)20-6-4-3-5-7-20/h3-18H,1H2,2H3. The Morgan fingerprint density at radius 1 is 0.710 bits per heavy atom. The Labute approximate surface area is 181 Å². The third-order valence-corrected chi connectivity index (χ3v) is 5.02. The minimum Gasteiger partial charge on any atom is -0.423 e. The van der Waals surface area contributed by atoms with Gasteiger partial charge in [-0.25, -0.2) is 9.18 Å². The van der Waals surface area contributed by atoms with E-state index < -0.39 is 11.8 Å². The third kappa shape index (κ3) is 4.62. The van der Waals surface area contributed by atoms with Crippen molar-refractivity contribution in [1.29, 1.82) is 0 Å². The molecule has 0 aliphatic rings. The molecule has 2 nitrogen and oxygen atoms in total. The maximum atomic E-state index is 14.6. The van der Waals surface area contributed by atoms with Crippen molar-refractivity contribution >= 4 is 5.97 Å². The maximum Gasteiger partial charge on any atom is 0.338 e. The smallest absolute Gasteiger partial charge is 0.338 e. The van der Waals surface area contributed by atoms with Crippen LogP contribution in [0.4, 0.5) is 4.39 Å². The lowest BCUT2D eigenvalue weighted by Gasteiger charge is -2.09. The van der Waals surface area contributed by atoms with Crippen molar-refractivity contribution in [3.63, 3.8) is 0 Å². The summed E-state index contributed by atoms with van der Waals surface area (Å²) in [6, 6.07) is 30.7. The summed E-state index contributed by atoms with van der Waals surface area (Å²) in [5, 5.41) is 0. The second-order valence-corrected chi connectivity index (χ2v) is 7.33. The molecule has 31 heavy (non-hydrogen) atoms. The highest BCUT2D eigenvalue weighted by atomic mass is 19.1. The van der Waals surface area contributed by atoms with Gasteiger partial charge in [0.05, 0.1) is 0 Å². The molecule has 0 fully saturated rings. The predicted octanol–water partition coefficient (Wildman–Crippen LogP) is 7.31. The van der Waals surface area contributed by atoms with Gasteiger partial charge in [-0.1, -0.05) is 85.4 Å². The molecular weight excluding hydrogens is 387 g/mol. The molecule has 4 aromatic rings. The Bertz CT molecular complexity index is 1220. The van der Waals surface area contributed by atoms with Crippen LogP contribution in [0, 0.1) is 5.82 Å². The molecule has 0 aliphatic carbocycles. The first-order valence-corrected chi connectivity index (χ1v) is 9.95. The molecule has 0 unspecified atom stereocenters. The van der Waals surface area contributed by atoms with Crippen molar-refractivity contribution < 1.29 is 13.9 Å². The molecule has 4 aromatic carbocycles. The van der Waals surface area contributed by atoms with Gasteiger partial charge in [0.15, 0.2) is 0 Å². The Kier molecular flexibility index (Phi) is 5.76. The van der Waals surface area contributed by atoms with Crippen LogP contribution >= 0.6 is 0 Å². The van der Waals surface area contributed by atoms with Crippen LogP contribution in [0.3, 0.4) is 0 Å². The average Bonchev–Trinajstić information content (AvgIpc) is 2.80. The highest BCUT2D eigenvalue weighted by Gasteiger charge is 2.11. The number of esters is 1. The Balaban J connectivity index is 1.53. The SMILES string of the molecule is C=C(C)C(=O)Oc1ccc(-c2ccc(-c3ccc(-c4ccccc4)cc3)cc2)c(F)c1. The van der Waals surface area contributed by atoms with Gasteiger partial charge in [-0.15, -0.1) is 0 Å². The molecule has 3 heteroatoms. The number of rotatable bonds is 5. The van der Waals surface area contributed by atoms with Crippen LogP contribution in [0.15, 0.2) is 109 Å². The summed E-state index contributed by atoms with van der Waals surface area (Å²) in [6.45, 7) is 5.07. The molecule has 0 amide bonds. The van der Waals surface area contributed by atoms with Gasteiger partial charge < -0.3 is 4.74 Å². The summed E-state index contributed by atoms with van der Waals surface area (Å²) < 4.78 is 19.7. The predicted molar refractivity (Wildman–Crippen MR) is 123 cm³/mol. The van der Waals surface area contributed by atoms with Crippen molar-refractivity contribution in [1.82, 2.24) is 0 Å². The lowest BCUT2D eigenvalue weighted by molar-refractivity contribution is -0.130. The van der Waals surface area contributed by atoms with E-state index in [1.807, 2.05) is 42.5 Å². The number of ether oxygens (including phenoxy) is 1. The van der Waals surface area contributed by atoms with Gasteiger partial charge in [-0.2, -0.15) is 0 Å². The van der Waals surface area contributed by atoms with Crippen LogP contribution in [-0.4, -0.2) is 5.97 Å². The first-order valence-electron chi connectivity index (χ1n) is 9.95. The lowest BCUT2D eigenvalue weighted by Crippen LogP contribution is -2.08. The minimum atomic E-state index is -0.574. The molecule has 152 valence electrons. The van der Waals surface area contributed by atoms with Crippen LogP contribution in [0.1, 0.15) is 6.92 Å². The molecule has 0 saturated carbocycles. The van der Waals surface area contributed by atoms with E-state index in [1.54, 1.807) is 19.1 Å². The zero-order valence-electron chi connectivity index (χ0n) is 17.1. The van der Waals surface area contributed by atoms with E-state index in [4.69, 9.17) is 4.74 Å². The van der Waals surface area contributed by atoms with Gasteiger partial charge in [0, 0.05) is 17.2 Å². The number of hydrogen-bond donors (Lipinski definition) is 0. The molecule has 0 aliphatic heterocycles. The molecule has 0 heterocycles. The summed E-state index contributed by atoms with van der Waals surface area (Å²) in [6.07, 6.45) is 0. The lowest BCUT2D eigenvalue weighted by atomic mass is 9.98. The van der Waals surface area contributed by atoms with Gasteiger partial charge in [0.1, 0.15) is 11.6 Å². The molecule has 0 atom stereocenters. The zero-order chi connectivity index (χ0) is 21.8. The molecule has 4 rings (SSSR count). The van der Waals surface area contributed by atoms with E-state index in [0.29, 0.717) is 5.56 Å². The fraction of sp³-hybridized carbons (Fsp3) is 0.0357. The highest BCUT2D eigenvalue weighted by Crippen LogP contribution is 2.30. The van der Waals surface area contributed by atoms with E-state index in [0.717, 1.165) is 22.3 Å². The van der Waals surface area contributed by atoms with Gasteiger partial charge in [0.2, 0.25) is 0 Å². The van der Waals surface area contributed by atoms with E-state index in [2.05, 4.69) is 43.0 Å². The number of benzene rings is 4. The Hall–Kier alpha value is -3.98. The number of hydrogen-bond acceptors (Lipinski definition) is 2. The van der Waals surface area contributed by atoms with Crippen molar-refractivity contribution in [2.45, 2.75) is 6.92 Å². The molecule has 0 radical (unpaired) electrons. The monoisotopic (exact) mass is 408 g/mol. The van der Waals surface area contributed by atoms with E-state index >= 15 is 0 Å². The first kappa shape index (κ1) is 20.3. The third-order valence-electron chi connectivity index (χ3n) is 5.02. The molecular formula is C28H21FO2. The summed E-state index contributed by atoms with van der Waals surface area (Å²) in [5.74, 6) is -0.869. The maximum absolute atomic E-state index is 14.6. The number of halogens is 1. The molecule has 0 aromatic heterocycles. The van der Waals surface area contributed by atoms with Crippen LogP contribution < -0.4 is 4.74 Å². The fourth-order valence-corrected chi connectivity index (χ4v) is 3.32. The van der Waals surface area contributed by atoms with Gasteiger partial charge in [-0.05, 0) is 46.9 Å². The van der Waals surface area contributed by atoms with E-state index in [-0.39, 0.29) is 11.3 Å². The highest BCUT2D eigenvalue weighted by molar-refractivity contribution is 5.88. The Morgan fingerprint density at radius 2 is 1.19 bits per heavy atom. The zero-order valence-corrected chi connectivity index (χ0v) is 17.1. The molecule has 0 bridgehead atoms. The van der Waals surface area contributed by atoms with Gasteiger partial charge in [-0.3, -0.25) is 0 Å². The van der Waals surface area contributed by atoms with E-state index in [1.165, 1.54) is 11.6 Å². The van der Waals surface area contributed by atoms with Gasteiger partial charge in [0.25, 0.3) is 0 Å². The number of carbonyl (C=O) groups is 1. The van der Waals surface area contributed by atoms with Crippen molar-refractivity contribution in [2.75, 3.05) is 0 Å². The van der Waals surface area contributed by atoms with Crippen LogP contribution in [0.5, 0.6) is 5.75 Å². The Morgan fingerprint density at radius 3 is 1.68 bits per heavy atom. The van der Waals surface area contributed by atoms with Crippen molar-refractivity contribution in [2.24, 2.45) is 0 Å². The molecule has 0 saturated heterocycles. The van der Waals surface area contributed by atoms with E-state index in [9.17, 15) is 9.18 Å². The largest absolute Gasteiger partial charge is 0.423 e. The van der Waals surface area contributed by atoms with Crippen LogP contribution in [0.25, 0.3) is 33.4 Å². The number of carbonyl (C=O) groups excluding carboxylic acids is 1. The second kappa shape index (κ2) is 8.80. The topological polar surface area (TPSA) is 26.3 Å². The normalized spacial score (nSPS) is 10.5. The quantitative estimate of drug-likeness (QED) is 0.197. The van der Waals surface area contributed by atoms with Gasteiger partial charge >= 0.3 is 5.97 Å². The van der Waals surface area contributed by atoms with Crippen molar-refractivity contribution in [3.8, 4) is 39.1 Å². The van der Waals surface area contributed by atoms with Crippen LogP contribution in [0.2, 0.25) is 0 Å². The summed E-state index contributed by atoms with van der Waals surface area (Å²) in [5.41, 5.74) is 5.94. The first-order chi connectivity index (χ1) is 15.0.